The maximum absolute atomic E-state index is 11.7. The lowest BCUT2D eigenvalue weighted by atomic mass is 9.46. The Morgan fingerprint density at radius 3 is 2.46 bits per heavy atom. The molecule has 0 aromatic carbocycles. The van der Waals surface area contributed by atoms with Crippen molar-refractivity contribution in [1.29, 1.82) is 0 Å². The van der Waals surface area contributed by atoms with E-state index in [-0.39, 0.29) is 11.3 Å². The first-order valence-corrected chi connectivity index (χ1v) is 10.3. The van der Waals surface area contributed by atoms with Gasteiger partial charge in [0.15, 0.2) is 0 Å². The molecule has 1 amide bonds. The van der Waals surface area contributed by atoms with E-state index < -0.39 is 0 Å². The molecule has 2 aliphatic carbocycles. The van der Waals surface area contributed by atoms with Crippen LogP contribution in [0.2, 0.25) is 0 Å². The fourth-order valence-electron chi connectivity index (χ4n) is 6.17. The molecule has 2 fully saturated rings. The van der Waals surface area contributed by atoms with Crippen LogP contribution in [-0.4, -0.2) is 11.9 Å². The number of fused-ring (bicyclic) bond motifs is 3. The zero-order valence-corrected chi connectivity index (χ0v) is 17.0. The molecule has 0 saturated heterocycles. The van der Waals surface area contributed by atoms with Crippen LogP contribution in [0.1, 0.15) is 80.6 Å². The lowest BCUT2D eigenvalue weighted by molar-refractivity contribution is -0.124. The predicted octanol–water partition coefficient (Wildman–Crippen LogP) is 5.58. The Balaban J connectivity index is 0.00000100. The number of nitrogens with one attached hydrogen (secondary N) is 1. The molecule has 0 spiro atoms. The van der Waals surface area contributed by atoms with Gasteiger partial charge < -0.3 is 5.32 Å². The van der Waals surface area contributed by atoms with Crippen LogP contribution in [0.4, 0.5) is 0 Å². The predicted molar refractivity (Wildman–Crippen MR) is 103 cm³/mol. The number of carbonyl (C=O) groups excluding carboxylic acids is 1. The number of rotatable bonds is 2. The highest BCUT2D eigenvalue weighted by Gasteiger charge is 2.56. The van der Waals surface area contributed by atoms with Crippen LogP contribution >= 0.6 is 0 Å². The molecular formula is C22H39NO. The molecule has 24 heavy (non-hydrogen) atoms. The third-order valence-electron chi connectivity index (χ3n) is 7.88. The Morgan fingerprint density at radius 1 is 1.21 bits per heavy atom. The summed E-state index contributed by atoms with van der Waals surface area (Å²) < 4.78 is 0. The SMILES string of the molecule is CC.CCC1C2CCC3NC(=O)C=C[C@]3(C)C2CC[C@]1(C)C(C)C. The molecule has 6 atom stereocenters. The number of carbonyl (C=O) groups is 1. The molecule has 4 unspecified atom stereocenters. The van der Waals surface area contributed by atoms with Gasteiger partial charge in [0.2, 0.25) is 5.91 Å². The smallest absolute Gasteiger partial charge is 0.243 e. The third-order valence-corrected chi connectivity index (χ3v) is 7.88. The maximum atomic E-state index is 11.7. The van der Waals surface area contributed by atoms with Gasteiger partial charge in [0.25, 0.3) is 0 Å². The summed E-state index contributed by atoms with van der Waals surface area (Å²) in [6.07, 6.45) is 10.4. The van der Waals surface area contributed by atoms with Gasteiger partial charge in [0, 0.05) is 11.5 Å². The molecule has 1 aliphatic heterocycles. The fraction of sp³-hybridized carbons (Fsp3) is 0.864. The topological polar surface area (TPSA) is 29.1 Å². The first kappa shape index (κ1) is 19.5. The van der Waals surface area contributed by atoms with E-state index in [2.05, 4.69) is 46.0 Å². The summed E-state index contributed by atoms with van der Waals surface area (Å²) in [6, 6.07) is 0.354. The minimum Gasteiger partial charge on any atom is -0.349 e. The molecule has 3 aliphatic rings. The second kappa shape index (κ2) is 7.22. The fourth-order valence-corrected chi connectivity index (χ4v) is 6.17. The third kappa shape index (κ3) is 2.95. The minimum absolute atomic E-state index is 0.107. The van der Waals surface area contributed by atoms with Crippen LogP contribution in [-0.2, 0) is 4.79 Å². The van der Waals surface area contributed by atoms with Crippen LogP contribution in [0.25, 0.3) is 0 Å². The van der Waals surface area contributed by atoms with Crippen LogP contribution in [0.3, 0.4) is 0 Å². The molecule has 3 rings (SSSR count). The lowest BCUT2D eigenvalue weighted by Crippen LogP contribution is -2.59. The summed E-state index contributed by atoms with van der Waals surface area (Å²) in [5, 5.41) is 3.24. The minimum atomic E-state index is 0.107. The summed E-state index contributed by atoms with van der Waals surface area (Å²) in [5.74, 6) is 3.25. The monoisotopic (exact) mass is 333 g/mol. The Morgan fingerprint density at radius 2 is 1.88 bits per heavy atom. The van der Waals surface area contributed by atoms with E-state index in [4.69, 9.17) is 0 Å². The normalized spacial score (nSPS) is 44.1. The van der Waals surface area contributed by atoms with Crippen molar-refractivity contribution in [3.05, 3.63) is 12.2 Å². The number of hydrogen-bond donors (Lipinski definition) is 1. The number of amides is 1. The summed E-state index contributed by atoms with van der Waals surface area (Å²) in [4.78, 5) is 11.7. The first-order chi connectivity index (χ1) is 11.3. The van der Waals surface area contributed by atoms with E-state index in [0.717, 1.165) is 30.1 Å². The molecule has 1 N–H and O–H groups in total. The van der Waals surface area contributed by atoms with Crippen molar-refractivity contribution < 1.29 is 4.79 Å². The van der Waals surface area contributed by atoms with Gasteiger partial charge in [0.05, 0.1) is 0 Å². The maximum Gasteiger partial charge on any atom is 0.243 e. The van der Waals surface area contributed by atoms with Gasteiger partial charge in [-0.25, -0.2) is 0 Å². The Kier molecular flexibility index (Phi) is 5.87. The summed E-state index contributed by atoms with van der Waals surface area (Å²) >= 11 is 0. The van der Waals surface area contributed by atoms with Crippen LogP contribution < -0.4 is 5.32 Å². The van der Waals surface area contributed by atoms with Crippen molar-refractivity contribution >= 4 is 5.91 Å². The van der Waals surface area contributed by atoms with Gasteiger partial charge in [0.1, 0.15) is 0 Å². The summed E-state index contributed by atoms with van der Waals surface area (Å²) in [5.41, 5.74) is 0.656. The molecular weight excluding hydrogens is 294 g/mol. The Labute approximate surface area is 149 Å². The van der Waals surface area contributed by atoms with Crippen molar-refractivity contribution in [2.75, 3.05) is 0 Å². The highest BCUT2D eigenvalue weighted by Crippen LogP contribution is 2.61. The summed E-state index contributed by atoms with van der Waals surface area (Å²) in [7, 11) is 0. The Bertz CT molecular complexity index is 482. The van der Waals surface area contributed by atoms with E-state index in [1.54, 1.807) is 6.08 Å². The second-order valence-corrected chi connectivity index (χ2v) is 8.82. The van der Waals surface area contributed by atoms with Crippen LogP contribution in [0, 0.1) is 34.5 Å². The quantitative estimate of drug-likeness (QED) is 0.702. The van der Waals surface area contributed by atoms with Crippen molar-refractivity contribution in [3.8, 4) is 0 Å². The lowest BCUT2D eigenvalue weighted by Gasteiger charge is -2.60. The highest BCUT2D eigenvalue weighted by atomic mass is 16.1. The number of hydrogen-bond acceptors (Lipinski definition) is 1. The van der Waals surface area contributed by atoms with Crippen molar-refractivity contribution in [1.82, 2.24) is 5.32 Å². The summed E-state index contributed by atoms with van der Waals surface area (Å²) in [6.45, 7) is 16.2. The standard InChI is InChI=1S/C20H33NO.C2H6/c1-6-15-14-7-8-17-20(5,12-10-18(22)21-17)16(14)9-11-19(15,4)13(2)3;1-2/h10,12-17H,6-9,11H2,1-5H3,(H,21,22);1-2H3/t14?,15?,16?,17?,19-,20-;/m1./s1. The Hall–Kier alpha value is -0.790. The zero-order chi connectivity index (χ0) is 18.1. The van der Waals surface area contributed by atoms with Crippen LogP contribution in [0.5, 0.6) is 0 Å². The first-order valence-electron chi connectivity index (χ1n) is 10.3. The van der Waals surface area contributed by atoms with E-state index in [9.17, 15) is 4.79 Å². The molecule has 2 nitrogen and oxygen atoms in total. The average molecular weight is 334 g/mol. The molecule has 0 bridgehead atoms. The highest BCUT2D eigenvalue weighted by molar-refractivity contribution is 5.89. The molecule has 0 aromatic heterocycles. The van der Waals surface area contributed by atoms with Crippen LogP contribution in [0.15, 0.2) is 12.2 Å². The van der Waals surface area contributed by atoms with Gasteiger partial charge in [-0.3, -0.25) is 4.79 Å². The van der Waals surface area contributed by atoms with Crippen molar-refractivity contribution in [2.24, 2.45) is 34.5 Å². The molecule has 138 valence electrons. The molecule has 2 heteroatoms. The average Bonchev–Trinajstić information content (AvgIpc) is 2.57. The molecule has 0 radical (unpaired) electrons. The van der Waals surface area contributed by atoms with E-state index in [0.29, 0.717) is 11.5 Å². The molecule has 2 saturated carbocycles. The van der Waals surface area contributed by atoms with Gasteiger partial charge in [-0.1, -0.05) is 61.0 Å². The van der Waals surface area contributed by atoms with Gasteiger partial charge in [-0.05, 0) is 60.8 Å². The molecule has 1 heterocycles. The van der Waals surface area contributed by atoms with Crippen molar-refractivity contribution in [2.45, 2.75) is 86.6 Å². The molecule has 0 aromatic rings. The second-order valence-electron chi connectivity index (χ2n) is 8.82. The van der Waals surface area contributed by atoms with Gasteiger partial charge >= 0.3 is 0 Å². The largest absolute Gasteiger partial charge is 0.349 e. The van der Waals surface area contributed by atoms with Gasteiger partial charge in [-0.2, -0.15) is 0 Å². The zero-order valence-electron chi connectivity index (χ0n) is 17.0. The van der Waals surface area contributed by atoms with E-state index >= 15 is 0 Å². The van der Waals surface area contributed by atoms with Gasteiger partial charge in [-0.15, -0.1) is 0 Å². The van der Waals surface area contributed by atoms with E-state index in [1.165, 1.54) is 25.7 Å². The van der Waals surface area contributed by atoms with Crippen molar-refractivity contribution in [3.63, 3.8) is 0 Å². The van der Waals surface area contributed by atoms with E-state index in [1.807, 2.05) is 13.8 Å².